The number of rotatable bonds is 8. The molecule has 0 saturated carbocycles. The van der Waals surface area contributed by atoms with Gasteiger partial charge in [-0.25, -0.2) is 0 Å². The van der Waals surface area contributed by atoms with Crippen molar-refractivity contribution in [1.82, 2.24) is 25.2 Å². The quantitative estimate of drug-likeness (QED) is 0.738. The van der Waals surface area contributed by atoms with Gasteiger partial charge in [-0.15, -0.1) is 5.10 Å². The molecule has 0 aromatic carbocycles. The molecule has 1 unspecified atom stereocenters. The van der Waals surface area contributed by atoms with E-state index in [0.717, 1.165) is 31.9 Å². The van der Waals surface area contributed by atoms with Crippen LogP contribution in [0, 0.1) is 0 Å². The first-order valence-electron chi connectivity index (χ1n) is 6.48. The first kappa shape index (κ1) is 14.1. The Morgan fingerprint density at radius 1 is 1.47 bits per heavy atom. The van der Waals surface area contributed by atoms with Gasteiger partial charge in [-0.2, -0.15) is 0 Å². The highest BCUT2D eigenvalue weighted by atomic mass is 15.4. The molecule has 1 N–H and O–H groups in total. The van der Waals surface area contributed by atoms with Gasteiger partial charge in [0.1, 0.15) is 0 Å². The van der Waals surface area contributed by atoms with Gasteiger partial charge in [0.15, 0.2) is 0 Å². The third-order valence-electron chi connectivity index (χ3n) is 3.18. The highest BCUT2D eigenvalue weighted by Crippen LogP contribution is 2.03. The van der Waals surface area contributed by atoms with E-state index in [9.17, 15) is 0 Å². The Kier molecular flexibility index (Phi) is 6.15. The zero-order valence-electron chi connectivity index (χ0n) is 11.5. The number of nitrogens with one attached hydrogen (secondary N) is 1. The van der Waals surface area contributed by atoms with Crippen LogP contribution in [0.25, 0.3) is 0 Å². The molecule has 0 aliphatic carbocycles. The molecule has 1 rings (SSSR count). The second kappa shape index (κ2) is 7.40. The zero-order valence-corrected chi connectivity index (χ0v) is 11.5. The molecular formula is C12H25N5. The van der Waals surface area contributed by atoms with Crippen molar-refractivity contribution in [2.75, 3.05) is 20.1 Å². The van der Waals surface area contributed by atoms with E-state index in [0.29, 0.717) is 6.04 Å². The summed E-state index contributed by atoms with van der Waals surface area (Å²) in [6, 6.07) is 0.639. The van der Waals surface area contributed by atoms with Crippen molar-refractivity contribution in [2.45, 2.75) is 46.3 Å². The Labute approximate surface area is 104 Å². The summed E-state index contributed by atoms with van der Waals surface area (Å²) in [5.74, 6) is 0. The van der Waals surface area contributed by atoms with Crippen LogP contribution in [-0.4, -0.2) is 46.1 Å². The van der Waals surface area contributed by atoms with Crippen LogP contribution < -0.4 is 5.32 Å². The molecule has 5 nitrogen and oxygen atoms in total. The Hall–Kier alpha value is -0.940. The van der Waals surface area contributed by atoms with E-state index in [1.165, 1.54) is 6.42 Å². The lowest BCUT2D eigenvalue weighted by Crippen LogP contribution is -2.35. The number of hydrogen-bond acceptors (Lipinski definition) is 4. The molecule has 5 heteroatoms. The molecule has 0 amide bonds. The van der Waals surface area contributed by atoms with Crippen molar-refractivity contribution in [3.05, 3.63) is 11.9 Å². The molecular weight excluding hydrogens is 214 g/mol. The van der Waals surface area contributed by atoms with Crippen molar-refractivity contribution in [3.8, 4) is 0 Å². The van der Waals surface area contributed by atoms with E-state index in [4.69, 9.17) is 0 Å². The minimum Gasteiger partial charge on any atom is -0.314 e. The van der Waals surface area contributed by atoms with Gasteiger partial charge in [0.05, 0.1) is 12.2 Å². The predicted molar refractivity (Wildman–Crippen MR) is 69.8 cm³/mol. The van der Waals surface area contributed by atoms with Gasteiger partial charge < -0.3 is 5.32 Å². The van der Waals surface area contributed by atoms with Crippen LogP contribution in [-0.2, 0) is 13.1 Å². The summed E-state index contributed by atoms with van der Waals surface area (Å²) in [5, 5.41) is 11.3. The van der Waals surface area contributed by atoms with Crippen molar-refractivity contribution < 1.29 is 0 Å². The molecule has 0 aliphatic heterocycles. The van der Waals surface area contributed by atoms with Gasteiger partial charge in [0.25, 0.3) is 0 Å². The molecule has 1 atom stereocenters. The van der Waals surface area contributed by atoms with Crippen LogP contribution in [0.2, 0.25) is 0 Å². The molecule has 0 radical (unpaired) electrons. The highest BCUT2D eigenvalue weighted by Gasteiger charge is 2.10. The number of nitrogens with zero attached hydrogens (tertiary/aromatic N) is 4. The van der Waals surface area contributed by atoms with E-state index in [1.54, 1.807) is 0 Å². The Morgan fingerprint density at radius 2 is 2.24 bits per heavy atom. The lowest BCUT2D eigenvalue weighted by atomic mass is 10.2. The average molecular weight is 239 g/mol. The molecule has 0 saturated heterocycles. The second-order valence-electron chi connectivity index (χ2n) is 4.39. The first-order valence-corrected chi connectivity index (χ1v) is 6.48. The van der Waals surface area contributed by atoms with Gasteiger partial charge in [-0.3, -0.25) is 9.58 Å². The topological polar surface area (TPSA) is 46.0 Å². The first-order chi connectivity index (χ1) is 8.21. The standard InChI is InChI=1S/C12H25N5/c1-5-11(3)16(6-2)7-8-17-10-12(9-13-4)14-15-17/h10-11,13H,5-9H2,1-4H3. The van der Waals surface area contributed by atoms with Crippen LogP contribution in [0.1, 0.15) is 32.9 Å². The van der Waals surface area contributed by atoms with Crippen LogP contribution in [0.4, 0.5) is 0 Å². The monoisotopic (exact) mass is 239 g/mol. The minimum absolute atomic E-state index is 0.639. The highest BCUT2D eigenvalue weighted by molar-refractivity contribution is 4.91. The molecule has 0 bridgehead atoms. The van der Waals surface area contributed by atoms with Gasteiger partial charge in [-0.1, -0.05) is 19.1 Å². The molecule has 0 fully saturated rings. The van der Waals surface area contributed by atoms with Crippen molar-refractivity contribution >= 4 is 0 Å². The van der Waals surface area contributed by atoms with Crippen LogP contribution in [0.3, 0.4) is 0 Å². The van der Waals surface area contributed by atoms with Crippen LogP contribution >= 0.6 is 0 Å². The van der Waals surface area contributed by atoms with E-state index in [1.807, 2.05) is 17.9 Å². The maximum absolute atomic E-state index is 4.13. The normalized spacial score (nSPS) is 13.2. The lowest BCUT2D eigenvalue weighted by molar-refractivity contribution is 0.203. The smallest absolute Gasteiger partial charge is 0.0964 e. The third-order valence-corrected chi connectivity index (χ3v) is 3.18. The largest absolute Gasteiger partial charge is 0.314 e. The summed E-state index contributed by atoms with van der Waals surface area (Å²) in [4.78, 5) is 2.47. The van der Waals surface area contributed by atoms with E-state index < -0.39 is 0 Å². The number of aromatic nitrogens is 3. The van der Waals surface area contributed by atoms with E-state index in [2.05, 4.69) is 41.3 Å². The van der Waals surface area contributed by atoms with Crippen LogP contribution in [0.5, 0.6) is 0 Å². The fourth-order valence-electron chi connectivity index (χ4n) is 1.89. The molecule has 0 aliphatic rings. The fraction of sp³-hybridized carbons (Fsp3) is 0.833. The maximum atomic E-state index is 4.13. The summed E-state index contributed by atoms with van der Waals surface area (Å²) >= 11 is 0. The Balaban J connectivity index is 2.42. The SMILES string of the molecule is CCC(C)N(CC)CCn1cc(CNC)nn1. The van der Waals surface area contributed by atoms with E-state index >= 15 is 0 Å². The summed E-state index contributed by atoms with van der Waals surface area (Å²) < 4.78 is 1.93. The van der Waals surface area contributed by atoms with Crippen LogP contribution in [0.15, 0.2) is 6.20 Å². The average Bonchev–Trinajstić information content (AvgIpc) is 2.78. The van der Waals surface area contributed by atoms with Gasteiger partial charge in [0.2, 0.25) is 0 Å². The molecule has 17 heavy (non-hydrogen) atoms. The fourth-order valence-corrected chi connectivity index (χ4v) is 1.89. The number of hydrogen-bond donors (Lipinski definition) is 1. The van der Waals surface area contributed by atoms with Crippen molar-refractivity contribution in [3.63, 3.8) is 0 Å². The summed E-state index contributed by atoms with van der Waals surface area (Å²) in [6.45, 7) is 10.5. The summed E-state index contributed by atoms with van der Waals surface area (Å²) in [7, 11) is 1.92. The Morgan fingerprint density at radius 3 is 2.82 bits per heavy atom. The van der Waals surface area contributed by atoms with E-state index in [-0.39, 0.29) is 0 Å². The van der Waals surface area contributed by atoms with Gasteiger partial charge >= 0.3 is 0 Å². The van der Waals surface area contributed by atoms with Gasteiger partial charge in [0, 0.05) is 25.3 Å². The summed E-state index contributed by atoms with van der Waals surface area (Å²) in [6.07, 6.45) is 3.21. The predicted octanol–water partition coefficient (Wildman–Crippen LogP) is 1.12. The van der Waals surface area contributed by atoms with Crippen molar-refractivity contribution in [1.29, 1.82) is 0 Å². The summed E-state index contributed by atoms with van der Waals surface area (Å²) in [5.41, 5.74) is 0.999. The molecule has 0 spiro atoms. The second-order valence-corrected chi connectivity index (χ2v) is 4.39. The zero-order chi connectivity index (χ0) is 12.7. The maximum Gasteiger partial charge on any atom is 0.0964 e. The van der Waals surface area contributed by atoms with Gasteiger partial charge in [-0.05, 0) is 26.9 Å². The molecule has 98 valence electrons. The molecule has 1 aromatic heterocycles. The minimum atomic E-state index is 0.639. The Bertz CT molecular complexity index is 310. The molecule has 1 heterocycles. The third kappa shape index (κ3) is 4.44. The lowest BCUT2D eigenvalue weighted by Gasteiger charge is -2.26. The number of likely N-dealkylation sites (N-methyl/N-ethyl adjacent to an activating group) is 1. The molecule has 1 aromatic rings. The van der Waals surface area contributed by atoms with Crippen molar-refractivity contribution in [2.24, 2.45) is 0 Å².